The summed E-state index contributed by atoms with van der Waals surface area (Å²) in [5, 5.41) is 7.05. The first kappa shape index (κ1) is 20.9. The summed E-state index contributed by atoms with van der Waals surface area (Å²) in [5.74, 6) is 3.53. The molecule has 1 aromatic heterocycles. The van der Waals surface area contributed by atoms with E-state index in [1.165, 1.54) is 0 Å². The smallest absolute Gasteiger partial charge is 0.161 e. The number of rotatable bonds is 5. The van der Waals surface area contributed by atoms with Crippen LogP contribution in [0.15, 0.2) is 42.5 Å². The van der Waals surface area contributed by atoms with Crippen molar-refractivity contribution in [3.63, 3.8) is 0 Å². The lowest BCUT2D eigenvalue weighted by atomic mass is 9.92. The largest absolute Gasteiger partial charge is 0.497 e. The van der Waals surface area contributed by atoms with E-state index in [-0.39, 0.29) is 0 Å². The summed E-state index contributed by atoms with van der Waals surface area (Å²) in [4.78, 5) is 5.07. The minimum atomic E-state index is 0.655. The molecule has 0 radical (unpaired) electrons. The van der Waals surface area contributed by atoms with Crippen LogP contribution in [0.1, 0.15) is 5.69 Å². The van der Waals surface area contributed by atoms with Crippen LogP contribution in [0.5, 0.6) is 28.7 Å². The average Bonchev–Trinajstić information content (AvgIpc) is 2.86. The fraction of sp³-hybridized carbons (Fsp3) is 0.222. The molecule has 5 rings (SSSR count). The van der Waals surface area contributed by atoms with Gasteiger partial charge in [-0.3, -0.25) is 4.98 Å². The third kappa shape index (κ3) is 3.05. The van der Waals surface area contributed by atoms with Crippen LogP contribution in [0, 0.1) is 6.92 Å². The summed E-state index contributed by atoms with van der Waals surface area (Å²) in [6, 6.07) is 14.0. The van der Waals surface area contributed by atoms with Crippen molar-refractivity contribution in [2.24, 2.45) is 0 Å². The van der Waals surface area contributed by atoms with E-state index < -0.39 is 0 Å². The summed E-state index contributed by atoms with van der Waals surface area (Å²) in [6.07, 6.45) is 0. The van der Waals surface area contributed by atoms with Crippen LogP contribution in [0.4, 0.5) is 0 Å². The molecule has 5 aromatic rings. The predicted molar refractivity (Wildman–Crippen MR) is 132 cm³/mol. The summed E-state index contributed by atoms with van der Waals surface area (Å²) in [5.41, 5.74) is 1.74. The molecule has 0 saturated carbocycles. The number of ether oxygens (including phenoxy) is 5. The van der Waals surface area contributed by atoms with Crippen molar-refractivity contribution >= 4 is 43.2 Å². The van der Waals surface area contributed by atoms with Gasteiger partial charge in [0, 0.05) is 33.3 Å². The summed E-state index contributed by atoms with van der Waals surface area (Å²) < 4.78 is 28.1. The maximum absolute atomic E-state index is 5.73. The van der Waals surface area contributed by atoms with E-state index in [9.17, 15) is 0 Å². The quantitative estimate of drug-likeness (QED) is 0.308. The molecule has 0 aliphatic carbocycles. The van der Waals surface area contributed by atoms with Crippen molar-refractivity contribution in [2.45, 2.75) is 6.92 Å². The molecule has 4 aromatic carbocycles. The molecule has 0 fully saturated rings. The van der Waals surface area contributed by atoms with Crippen LogP contribution in [0.25, 0.3) is 43.2 Å². The number of benzene rings is 4. The topological polar surface area (TPSA) is 59.0 Å². The van der Waals surface area contributed by atoms with Crippen molar-refractivity contribution in [3.05, 3.63) is 48.2 Å². The second-order valence-corrected chi connectivity index (χ2v) is 7.84. The maximum Gasteiger partial charge on any atom is 0.161 e. The number of hydrogen-bond donors (Lipinski definition) is 0. The molecule has 0 spiro atoms. The van der Waals surface area contributed by atoms with Gasteiger partial charge in [-0.25, -0.2) is 0 Å². The number of pyridine rings is 1. The Morgan fingerprint density at radius 2 is 1.15 bits per heavy atom. The Hall–Kier alpha value is -3.93. The van der Waals surface area contributed by atoms with Crippen molar-refractivity contribution in [2.75, 3.05) is 35.5 Å². The number of aromatic nitrogens is 1. The van der Waals surface area contributed by atoms with Crippen LogP contribution in [0.2, 0.25) is 0 Å². The van der Waals surface area contributed by atoms with Crippen LogP contribution in [-0.4, -0.2) is 40.5 Å². The lowest BCUT2D eigenvalue weighted by molar-refractivity contribution is 0.356. The second-order valence-electron chi connectivity index (χ2n) is 7.84. The van der Waals surface area contributed by atoms with Crippen molar-refractivity contribution in [3.8, 4) is 28.7 Å². The van der Waals surface area contributed by atoms with Gasteiger partial charge < -0.3 is 23.7 Å². The molecule has 0 N–H and O–H groups in total. The second kappa shape index (κ2) is 7.89. The highest BCUT2D eigenvalue weighted by atomic mass is 16.5. The van der Waals surface area contributed by atoms with E-state index >= 15 is 0 Å². The standard InChI is InChI=1S/C27H25NO5/c1-14-25-21(10-16(30-3)11-24(25)33-6)26-19-9-15(29-2)7-8-17(19)18-12-22(31-4)23(32-5)13-20(18)27(26)28-14/h7-13H,1-6H3. The van der Waals surface area contributed by atoms with Crippen LogP contribution < -0.4 is 23.7 Å². The Morgan fingerprint density at radius 1 is 0.515 bits per heavy atom. The van der Waals surface area contributed by atoms with Crippen molar-refractivity contribution in [1.82, 2.24) is 4.98 Å². The number of hydrogen-bond acceptors (Lipinski definition) is 6. The molecular formula is C27H25NO5. The predicted octanol–water partition coefficient (Wildman–Crippen LogP) is 6.05. The summed E-state index contributed by atoms with van der Waals surface area (Å²) >= 11 is 0. The SMILES string of the molecule is COc1cc(OC)c2c(C)nc3c4cc(OC)c(OC)cc4c4ccc(OC)cc4c3c2c1. The van der Waals surface area contributed by atoms with Gasteiger partial charge in [0.25, 0.3) is 0 Å². The van der Waals surface area contributed by atoms with E-state index in [0.717, 1.165) is 66.2 Å². The minimum absolute atomic E-state index is 0.655. The molecular weight excluding hydrogens is 418 g/mol. The summed E-state index contributed by atoms with van der Waals surface area (Å²) in [6.45, 7) is 2.00. The first-order chi connectivity index (χ1) is 16.0. The van der Waals surface area contributed by atoms with E-state index in [0.29, 0.717) is 11.5 Å². The van der Waals surface area contributed by atoms with Gasteiger partial charge in [-0.1, -0.05) is 6.07 Å². The minimum Gasteiger partial charge on any atom is -0.497 e. The highest BCUT2D eigenvalue weighted by molar-refractivity contribution is 6.31. The van der Waals surface area contributed by atoms with Crippen LogP contribution in [-0.2, 0) is 0 Å². The Balaban J connectivity index is 2.13. The lowest BCUT2D eigenvalue weighted by Crippen LogP contribution is -1.97. The molecule has 0 aliphatic rings. The van der Waals surface area contributed by atoms with Crippen LogP contribution >= 0.6 is 0 Å². The Bertz CT molecular complexity index is 1560. The van der Waals surface area contributed by atoms with Gasteiger partial charge in [-0.2, -0.15) is 0 Å². The molecule has 0 aliphatic heterocycles. The van der Waals surface area contributed by atoms with E-state index in [1.54, 1.807) is 35.5 Å². The maximum atomic E-state index is 5.73. The van der Waals surface area contributed by atoms with Gasteiger partial charge in [0.2, 0.25) is 0 Å². The zero-order chi connectivity index (χ0) is 23.3. The molecule has 1 heterocycles. The fourth-order valence-electron chi connectivity index (χ4n) is 4.70. The molecule has 0 saturated heterocycles. The highest BCUT2D eigenvalue weighted by Crippen LogP contribution is 2.45. The molecule has 0 amide bonds. The average molecular weight is 443 g/mol. The number of methoxy groups -OCH3 is 5. The van der Waals surface area contributed by atoms with Crippen molar-refractivity contribution in [1.29, 1.82) is 0 Å². The summed E-state index contributed by atoms with van der Waals surface area (Å²) in [7, 11) is 8.28. The first-order valence-electron chi connectivity index (χ1n) is 10.6. The zero-order valence-corrected chi connectivity index (χ0v) is 19.5. The number of aryl methyl sites for hydroxylation is 1. The Kier molecular flexibility index (Phi) is 5.01. The number of fused-ring (bicyclic) bond motifs is 8. The van der Waals surface area contributed by atoms with E-state index in [2.05, 4.69) is 12.1 Å². The molecule has 0 atom stereocenters. The molecule has 0 bridgehead atoms. The molecule has 6 nitrogen and oxygen atoms in total. The van der Waals surface area contributed by atoms with E-state index in [4.69, 9.17) is 28.7 Å². The molecule has 33 heavy (non-hydrogen) atoms. The van der Waals surface area contributed by atoms with Gasteiger partial charge in [0.15, 0.2) is 11.5 Å². The third-order valence-corrected chi connectivity index (χ3v) is 6.24. The zero-order valence-electron chi connectivity index (χ0n) is 19.5. The Morgan fingerprint density at radius 3 is 1.79 bits per heavy atom. The van der Waals surface area contributed by atoms with Crippen molar-refractivity contribution < 1.29 is 23.7 Å². The Labute approximate surface area is 191 Å². The monoisotopic (exact) mass is 443 g/mol. The lowest BCUT2D eigenvalue weighted by Gasteiger charge is -2.18. The third-order valence-electron chi connectivity index (χ3n) is 6.24. The van der Waals surface area contributed by atoms with Gasteiger partial charge in [-0.15, -0.1) is 0 Å². The van der Waals surface area contributed by atoms with Gasteiger partial charge in [-0.05, 0) is 53.4 Å². The molecule has 0 unspecified atom stereocenters. The van der Waals surface area contributed by atoms with Crippen LogP contribution in [0.3, 0.4) is 0 Å². The van der Waals surface area contributed by atoms with Gasteiger partial charge >= 0.3 is 0 Å². The van der Waals surface area contributed by atoms with Gasteiger partial charge in [0.05, 0.1) is 41.1 Å². The highest BCUT2D eigenvalue weighted by Gasteiger charge is 2.20. The fourth-order valence-corrected chi connectivity index (χ4v) is 4.70. The molecule has 6 heteroatoms. The van der Waals surface area contributed by atoms with E-state index in [1.807, 2.05) is 37.3 Å². The molecule has 168 valence electrons. The first-order valence-corrected chi connectivity index (χ1v) is 10.6. The van der Waals surface area contributed by atoms with Gasteiger partial charge in [0.1, 0.15) is 17.2 Å². The number of nitrogens with zero attached hydrogens (tertiary/aromatic N) is 1. The normalized spacial score (nSPS) is 11.3.